The third kappa shape index (κ3) is 4.10. The number of imidazole rings is 1. The number of benzene rings is 3. The van der Waals surface area contributed by atoms with E-state index < -0.39 is 5.82 Å². The molecule has 1 heterocycles. The van der Waals surface area contributed by atoms with Gasteiger partial charge in [0.05, 0.1) is 23.1 Å². The van der Waals surface area contributed by atoms with E-state index in [0.717, 1.165) is 35.4 Å². The van der Waals surface area contributed by atoms with Gasteiger partial charge in [-0.1, -0.05) is 61.5 Å². The van der Waals surface area contributed by atoms with Crippen LogP contribution in [0.4, 0.5) is 4.39 Å². The summed E-state index contributed by atoms with van der Waals surface area (Å²) in [7, 11) is 0. The topological polar surface area (TPSA) is 38.1 Å². The van der Waals surface area contributed by atoms with Crippen molar-refractivity contribution in [2.24, 2.45) is 0 Å². The van der Waals surface area contributed by atoms with Gasteiger partial charge in [-0.3, -0.25) is 4.79 Å². The van der Waals surface area contributed by atoms with Crippen LogP contribution in [0.25, 0.3) is 11.0 Å². The highest BCUT2D eigenvalue weighted by molar-refractivity contribution is 5.94. The smallest absolute Gasteiger partial charge is 0.257 e. The van der Waals surface area contributed by atoms with Crippen LogP contribution in [-0.2, 0) is 19.6 Å². The molecule has 0 atom stereocenters. The molecular weight excluding hydrogens is 377 g/mol. The lowest BCUT2D eigenvalue weighted by molar-refractivity contribution is 0.0719. The molecule has 0 aliphatic rings. The number of amides is 1. The molecule has 4 rings (SSSR count). The van der Waals surface area contributed by atoms with Crippen LogP contribution < -0.4 is 0 Å². The molecule has 0 aliphatic heterocycles. The van der Waals surface area contributed by atoms with Crippen molar-refractivity contribution in [3.05, 3.63) is 102 Å². The third-order valence-corrected chi connectivity index (χ3v) is 5.12. The maximum absolute atomic E-state index is 14.4. The van der Waals surface area contributed by atoms with E-state index in [-0.39, 0.29) is 11.5 Å². The van der Waals surface area contributed by atoms with Crippen molar-refractivity contribution < 1.29 is 9.18 Å². The number of fused-ring (bicyclic) bond motifs is 1. The number of aryl methyl sites for hydroxylation is 1. The maximum atomic E-state index is 14.4. The average Bonchev–Trinajstić information content (AvgIpc) is 3.11. The molecule has 0 saturated heterocycles. The lowest BCUT2D eigenvalue weighted by Crippen LogP contribution is -2.32. The minimum absolute atomic E-state index is 0.0755. The molecule has 0 fully saturated rings. The summed E-state index contributed by atoms with van der Waals surface area (Å²) in [5, 5.41) is 0. The second-order valence-corrected chi connectivity index (χ2v) is 7.30. The van der Waals surface area contributed by atoms with Gasteiger partial charge in [0.15, 0.2) is 0 Å². The first-order valence-corrected chi connectivity index (χ1v) is 10.2. The lowest BCUT2D eigenvalue weighted by atomic mass is 10.1. The monoisotopic (exact) mass is 401 g/mol. The fourth-order valence-corrected chi connectivity index (χ4v) is 3.70. The highest BCUT2D eigenvalue weighted by atomic mass is 19.1. The Hall–Kier alpha value is -3.47. The molecule has 4 nitrogen and oxygen atoms in total. The Bertz CT molecular complexity index is 1150. The van der Waals surface area contributed by atoms with Crippen LogP contribution in [0.2, 0.25) is 0 Å². The normalized spacial score (nSPS) is 11.0. The van der Waals surface area contributed by atoms with Crippen LogP contribution >= 0.6 is 0 Å². The Labute approximate surface area is 175 Å². The van der Waals surface area contributed by atoms with E-state index in [2.05, 4.69) is 11.5 Å². The number of aromatic nitrogens is 2. The molecule has 0 saturated carbocycles. The summed E-state index contributed by atoms with van der Waals surface area (Å²) >= 11 is 0. The molecule has 30 heavy (non-hydrogen) atoms. The van der Waals surface area contributed by atoms with Gasteiger partial charge in [0.1, 0.15) is 11.6 Å². The quantitative estimate of drug-likeness (QED) is 0.414. The first-order chi connectivity index (χ1) is 14.7. The number of hydrogen-bond donors (Lipinski definition) is 0. The standard InChI is InChI=1S/C25H24FN3O/c1-2-16-29-23-15-9-8-14-22(23)27-24(29)18-28(17-19-10-4-3-5-11-19)25(30)20-12-6-7-13-21(20)26/h3-15H,2,16-18H2,1H3. The van der Waals surface area contributed by atoms with Gasteiger partial charge in [-0.05, 0) is 36.2 Å². The zero-order chi connectivity index (χ0) is 20.9. The van der Waals surface area contributed by atoms with Crippen LogP contribution in [0, 0.1) is 5.82 Å². The molecule has 1 aromatic heterocycles. The Morgan fingerprint density at radius 3 is 2.40 bits per heavy atom. The number of para-hydroxylation sites is 2. The molecule has 0 radical (unpaired) electrons. The van der Waals surface area contributed by atoms with Crippen molar-refractivity contribution in [3.63, 3.8) is 0 Å². The fourth-order valence-electron chi connectivity index (χ4n) is 3.70. The predicted octanol–water partition coefficient (Wildman–Crippen LogP) is 5.43. The maximum Gasteiger partial charge on any atom is 0.257 e. The van der Waals surface area contributed by atoms with Crippen LogP contribution in [0.3, 0.4) is 0 Å². The summed E-state index contributed by atoms with van der Waals surface area (Å²) in [5.74, 6) is -0.0478. The Morgan fingerprint density at radius 2 is 1.63 bits per heavy atom. The van der Waals surface area contributed by atoms with Gasteiger partial charge in [0.2, 0.25) is 0 Å². The summed E-state index contributed by atoms with van der Waals surface area (Å²) in [5.41, 5.74) is 3.01. The van der Waals surface area contributed by atoms with Crippen LogP contribution in [0.5, 0.6) is 0 Å². The highest BCUT2D eigenvalue weighted by Crippen LogP contribution is 2.21. The molecule has 1 amide bonds. The van der Waals surface area contributed by atoms with Gasteiger partial charge >= 0.3 is 0 Å². The van der Waals surface area contributed by atoms with E-state index >= 15 is 0 Å². The summed E-state index contributed by atoms with van der Waals surface area (Å²) in [6, 6.07) is 23.9. The first kappa shape index (κ1) is 19.8. The molecule has 0 bridgehead atoms. The van der Waals surface area contributed by atoms with Gasteiger partial charge in [0.25, 0.3) is 5.91 Å². The van der Waals surface area contributed by atoms with Crippen molar-refractivity contribution in [1.29, 1.82) is 0 Å². The fraction of sp³-hybridized carbons (Fsp3) is 0.200. The van der Waals surface area contributed by atoms with E-state index in [1.165, 1.54) is 12.1 Å². The minimum Gasteiger partial charge on any atom is -0.327 e. The van der Waals surface area contributed by atoms with Crippen molar-refractivity contribution in [2.45, 2.75) is 33.0 Å². The Morgan fingerprint density at radius 1 is 0.933 bits per heavy atom. The van der Waals surface area contributed by atoms with Crippen LogP contribution in [0.15, 0.2) is 78.9 Å². The van der Waals surface area contributed by atoms with Crippen molar-refractivity contribution in [3.8, 4) is 0 Å². The number of rotatable bonds is 7. The number of halogens is 1. The number of carbonyl (C=O) groups is 1. The van der Waals surface area contributed by atoms with Crippen LogP contribution in [-0.4, -0.2) is 20.4 Å². The highest BCUT2D eigenvalue weighted by Gasteiger charge is 2.22. The van der Waals surface area contributed by atoms with E-state index in [4.69, 9.17) is 4.98 Å². The lowest BCUT2D eigenvalue weighted by Gasteiger charge is -2.23. The Kier molecular flexibility index (Phi) is 5.89. The van der Waals surface area contributed by atoms with Gasteiger partial charge < -0.3 is 9.47 Å². The summed E-state index contributed by atoms with van der Waals surface area (Å²) < 4.78 is 16.5. The second kappa shape index (κ2) is 8.91. The number of nitrogens with zero attached hydrogens (tertiary/aromatic N) is 3. The zero-order valence-corrected chi connectivity index (χ0v) is 17.0. The van der Waals surface area contributed by atoms with Crippen molar-refractivity contribution in [1.82, 2.24) is 14.5 Å². The van der Waals surface area contributed by atoms with E-state index in [1.807, 2.05) is 54.6 Å². The molecule has 3 aromatic carbocycles. The Balaban J connectivity index is 1.73. The van der Waals surface area contributed by atoms with Crippen molar-refractivity contribution in [2.75, 3.05) is 0 Å². The van der Waals surface area contributed by atoms with Gasteiger partial charge in [0, 0.05) is 13.1 Å². The number of hydrogen-bond acceptors (Lipinski definition) is 2. The molecule has 4 aromatic rings. The summed E-state index contributed by atoms with van der Waals surface area (Å²) in [6.45, 7) is 3.60. The van der Waals surface area contributed by atoms with Crippen molar-refractivity contribution >= 4 is 16.9 Å². The average molecular weight is 401 g/mol. The molecule has 0 unspecified atom stereocenters. The summed E-state index contributed by atoms with van der Waals surface area (Å²) in [4.78, 5) is 19.8. The van der Waals surface area contributed by atoms with E-state index in [0.29, 0.717) is 13.1 Å². The molecular formula is C25H24FN3O. The summed E-state index contributed by atoms with van der Waals surface area (Å²) in [6.07, 6.45) is 0.952. The molecule has 5 heteroatoms. The van der Waals surface area contributed by atoms with E-state index in [9.17, 15) is 9.18 Å². The van der Waals surface area contributed by atoms with Gasteiger partial charge in [-0.2, -0.15) is 0 Å². The van der Waals surface area contributed by atoms with Gasteiger partial charge in [-0.25, -0.2) is 9.37 Å². The SMILES string of the molecule is CCCn1c(CN(Cc2ccccc2)C(=O)c2ccccc2F)nc2ccccc21. The number of carbonyl (C=O) groups excluding carboxylic acids is 1. The molecule has 0 N–H and O–H groups in total. The van der Waals surface area contributed by atoms with Crippen LogP contribution in [0.1, 0.15) is 35.1 Å². The third-order valence-electron chi connectivity index (χ3n) is 5.12. The first-order valence-electron chi connectivity index (χ1n) is 10.2. The predicted molar refractivity (Wildman–Crippen MR) is 116 cm³/mol. The molecule has 0 spiro atoms. The molecule has 152 valence electrons. The molecule has 0 aliphatic carbocycles. The largest absolute Gasteiger partial charge is 0.327 e. The zero-order valence-electron chi connectivity index (χ0n) is 17.0. The minimum atomic E-state index is -0.511. The second-order valence-electron chi connectivity index (χ2n) is 7.30. The van der Waals surface area contributed by atoms with E-state index in [1.54, 1.807) is 17.0 Å². The van der Waals surface area contributed by atoms with Gasteiger partial charge in [-0.15, -0.1) is 0 Å².